The van der Waals surface area contributed by atoms with Crippen LogP contribution in [0.15, 0.2) is 12.2 Å². The van der Waals surface area contributed by atoms with Crippen LogP contribution < -0.4 is 0 Å². The molecule has 0 aromatic rings. The smallest absolute Gasteiger partial charge is 0.0898 e. The lowest BCUT2D eigenvalue weighted by atomic mass is 9.98. The molecule has 3 atom stereocenters. The molecule has 3 rings (SSSR count). The number of hydrogen-bond acceptors (Lipinski definition) is 1. The first-order chi connectivity index (χ1) is 4.91. The van der Waals surface area contributed by atoms with Gasteiger partial charge in [0, 0.05) is 0 Å². The molecule has 0 aromatic heterocycles. The molecule has 1 aliphatic heterocycles. The normalized spacial score (nSPS) is 56.0. The number of ether oxygens (including phenoxy) is 1. The molecule has 0 radical (unpaired) electrons. The molecule has 0 bridgehead atoms. The summed E-state index contributed by atoms with van der Waals surface area (Å²) >= 11 is 0. The van der Waals surface area contributed by atoms with Crippen LogP contribution in [-0.2, 0) is 4.74 Å². The van der Waals surface area contributed by atoms with Gasteiger partial charge in [-0.2, -0.15) is 0 Å². The highest BCUT2D eigenvalue weighted by Crippen LogP contribution is 2.60. The maximum atomic E-state index is 5.74. The average Bonchev–Trinajstić information content (AvgIpc) is 2.49. The summed E-state index contributed by atoms with van der Waals surface area (Å²) < 4.78 is 5.74. The van der Waals surface area contributed by atoms with Crippen molar-refractivity contribution < 1.29 is 4.74 Å². The summed E-state index contributed by atoms with van der Waals surface area (Å²) in [6.07, 6.45) is 8.63. The molecule has 3 aliphatic rings. The average molecular weight is 136 g/mol. The lowest BCUT2D eigenvalue weighted by molar-refractivity contribution is 0.0141. The molecule has 2 fully saturated rings. The quantitative estimate of drug-likeness (QED) is 0.461. The van der Waals surface area contributed by atoms with Gasteiger partial charge < -0.3 is 4.74 Å². The molecule has 0 N–H and O–H groups in total. The number of fused-ring (bicyclic) bond motifs is 2. The van der Waals surface area contributed by atoms with E-state index in [1.54, 1.807) is 0 Å². The van der Waals surface area contributed by atoms with Crippen molar-refractivity contribution in [3.05, 3.63) is 12.2 Å². The van der Waals surface area contributed by atoms with Gasteiger partial charge >= 0.3 is 0 Å². The summed E-state index contributed by atoms with van der Waals surface area (Å²) in [4.78, 5) is 0. The minimum Gasteiger partial charge on any atom is -0.367 e. The Bertz CT molecular complexity index is 197. The van der Waals surface area contributed by atoms with Crippen LogP contribution in [0.25, 0.3) is 0 Å². The molecule has 1 heterocycles. The molecule has 54 valence electrons. The first kappa shape index (κ1) is 5.36. The van der Waals surface area contributed by atoms with Gasteiger partial charge in [0.05, 0.1) is 12.2 Å². The Kier molecular flexibility index (Phi) is 0.791. The SMILES string of the molecule is C1=CC2(CCC3CC32)OC1. The van der Waals surface area contributed by atoms with Crippen molar-refractivity contribution in [1.29, 1.82) is 0 Å². The van der Waals surface area contributed by atoms with Crippen LogP contribution in [0.1, 0.15) is 19.3 Å². The van der Waals surface area contributed by atoms with E-state index in [-0.39, 0.29) is 5.60 Å². The van der Waals surface area contributed by atoms with E-state index in [4.69, 9.17) is 4.74 Å². The second-order valence-electron chi connectivity index (χ2n) is 3.81. The van der Waals surface area contributed by atoms with Crippen molar-refractivity contribution >= 4 is 0 Å². The van der Waals surface area contributed by atoms with Crippen molar-refractivity contribution in [3.63, 3.8) is 0 Å². The standard InChI is InChI=1S/C9H12O/c1-3-9(10-5-1)4-2-7-6-8(7)9/h1,3,7-8H,2,4-6H2. The maximum absolute atomic E-state index is 5.74. The van der Waals surface area contributed by atoms with Crippen molar-refractivity contribution in [2.45, 2.75) is 24.9 Å². The van der Waals surface area contributed by atoms with E-state index < -0.39 is 0 Å². The second kappa shape index (κ2) is 1.48. The third-order valence-electron chi connectivity index (χ3n) is 3.30. The predicted molar refractivity (Wildman–Crippen MR) is 38.7 cm³/mol. The Morgan fingerprint density at radius 3 is 3.00 bits per heavy atom. The highest BCUT2D eigenvalue weighted by Gasteiger charge is 2.58. The fourth-order valence-electron chi connectivity index (χ4n) is 2.65. The van der Waals surface area contributed by atoms with Crippen LogP contribution in [0.5, 0.6) is 0 Å². The lowest BCUT2D eigenvalue weighted by Crippen LogP contribution is -2.26. The Labute approximate surface area is 61.1 Å². The van der Waals surface area contributed by atoms with Crippen molar-refractivity contribution in [3.8, 4) is 0 Å². The fourth-order valence-corrected chi connectivity index (χ4v) is 2.65. The molecular weight excluding hydrogens is 124 g/mol. The third kappa shape index (κ3) is 0.485. The van der Waals surface area contributed by atoms with E-state index >= 15 is 0 Å². The second-order valence-corrected chi connectivity index (χ2v) is 3.81. The molecule has 1 nitrogen and oxygen atoms in total. The van der Waals surface area contributed by atoms with E-state index in [0.29, 0.717) is 0 Å². The summed E-state index contributed by atoms with van der Waals surface area (Å²) in [7, 11) is 0. The van der Waals surface area contributed by atoms with Gasteiger partial charge in [0.2, 0.25) is 0 Å². The zero-order chi connectivity index (χ0) is 6.60. The van der Waals surface area contributed by atoms with Crippen LogP contribution in [0.4, 0.5) is 0 Å². The summed E-state index contributed by atoms with van der Waals surface area (Å²) in [5, 5.41) is 0. The minimum absolute atomic E-state index is 0.241. The van der Waals surface area contributed by atoms with Crippen LogP contribution in [0.3, 0.4) is 0 Å². The lowest BCUT2D eigenvalue weighted by Gasteiger charge is -2.22. The molecule has 0 saturated heterocycles. The number of rotatable bonds is 0. The van der Waals surface area contributed by atoms with Gasteiger partial charge in [0.25, 0.3) is 0 Å². The Morgan fingerprint density at radius 1 is 1.50 bits per heavy atom. The van der Waals surface area contributed by atoms with Gasteiger partial charge in [0.15, 0.2) is 0 Å². The molecule has 3 unspecified atom stereocenters. The monoisotopic (exact) mass is 136 g/mol. The van der Waals surface area contributed by atoms with E-state index in [9.17, 15) is 0 Å². The van der Waals surface area contributed by atoms with Gasteiger partial charge in [-0.15, -0.1) is 0 Å². The van der Waals surface area contributed by atoms with E-state index in [0.717, 1.165) is 18.4 Å². The van der Waals surface area contributed by atoms with E-state index in [1.807, 2.05) is 0 Å². The summed E-state index contributed by atoms with van der Waals surface area (Å²) in [5.41, 5.74) is 0.241. The highest BCUT2D eigenvalue weighted by atomic mass is 16.5. The van der Waals surface area contributed by atoms with Gasteiger partial charge in [-0.1, -0.05) is 12.2 Å². The molecule has 10 heavy (non-hydrogen) atoms. The minimum atomic E-state index is 0.241. The molecule has 1 spiro atoms. The Hall–Kier alpha value is -0.300. The third-order valence-corrected chi connectivity index (χ3v) is 3.30. The molecular formula is C9H12O. The Morgan fingerprint density at radius 2 is 2.50 bits per heavy atom. The largest absolute Gasteiger partial charge is 0.367 e. The maximum Gasteiger partial charge on any atom is 0.0898 e. The molecule has 0 aromatic carbocycles. The van der Waals surface area contributed by atoms with Crippen LogP contribution in [0, 0.1) is 11.8 Å². The molecule has 2 saturated carbocycles. The van der Waals surface area contributed by atoms with Crippen molar-refractivity contribution in [2.24, 2.45) is 11.8 Å². The summed E-state index contributed by atoms with van der Waals surface area (Å²) in [6.45, 7) is 0.864. The summed E-state index contributed by atoms with van der Waals surface area (Å²) in [6, 6.07) is 0. The van der Waals surface area contributed by atoms with Gasteiger partial charge in [-0.25, -0.2) is 0 Å². The van der Waals surface area contributed by atoms with E-state index in [2.05, 4.69) is 12.2 Å². The van der Waals surface area contributed by atoms with Gasteiger partial charge in [-0.05, 0) is 31.1 Å². The predicted octanol–water partition coefficient (Wildman–Crippen LogP) is 1.74. The zero-order valence-electron chi connectivity index (χ0n) is 6.05. The van der Waals surface area contributed by atoms with Gasteiger partial charge in [0.1, 0.15) is 0 Å². The fraction of sp³-hybridized carbons (Fsp3) is 0.778. The van der Waals surface area contributed by atoms with Gasteiger partial charge in [-0.3, -0.25) is 0 Å². The van der Waals surface area contributed by atoms with E-state index in [1.165, 1.54) is 19.3 Å². The van der Waals surface area contributed by atoms with Crippen molar-refractivity contribution in [1.82, 2.24) is 0 Å². The molecule has 0 amide bonds. The van der Waals surface area contributed by atoms with Crippen LogP contribution in [0.2, 0.25) is 0 Å². The number of hydrogen-bond donors (Lipinski definition) is 0. The topological polar surface area (TPSA) is 9.23 Å². The van der Waals surface area contributed by atoms with Crippen molar-refractivity contribution in [2.75, 3.05) is 6.61 Å². The molecule has 1 heteroatoms. The van der Waals surface area contributed by atoms with Crippen LogP contribution >= 0.6 is 0 Å². The Balaban J connectivity index is 1.96. The molecule has 2 aliphatic carbocycles. The first-order valence-corrected chi connectivity index (χ1v) is 4.22. The summed E-state index contributed by atoms with van der Waals surface area (Å²) in [5.74, 6) is 1.94. The first-order valence-electron chi connectivity index (χ1n) is 4.22. The highest BCUT2D eigenvalue weighted by molar-refractivity contribution is 5.20. The zero-order valence-corrected chi connectivity index (χ0v) is 6.05. The van der Waals surface area contributed by atoms with Crippen LogP contribution in [-0.4, -0.2) is 12.2 Å².